The number of thiazole rings is 2. The van der Waals surface area contributed by atoms with E-state index < -0.39 is 49.1 Å². The molecule has 0 N–H and O–H groups in total. The summed E-state index contributed by atoms with van der Waals surface area (Å²) in [4.78, 5) is 12.2. The first-order chi connectivity index (χ1) is 21.7. The molecule has 6 rings (SSSR count). The van der Waals surface area contributed by atoms with Crippen molar-refractivity contribution in [3.63, 3.8) is 0 Å². The topological polar surface area (TPSA) is 44.2 Å². The molecule has 0 atom stereocenters. The Labute approximate surface area is 290 Å². The summed E-state index contributed by atoms with van der Waals surface area (Å²) in [6.07, 6.45) is 0. The van der Waals surface area contributed by atoms with E-state index in [0.29, 0.717) is 0 Å². The second-order valence-corrected chi connectivity index (χ2v) is 23.6. The fraction of sp³-hybridized carbons (Fsp3) is 0.0556. The van der Waals surface area contributed by atoms with Gasteiger partial charge in [0.1, 0.15) is 0 Å². The number of benzene rings is 4. The van der Waals surface area contributed by atoms with Gasteiger partial charge in [-0.3, -0.25) is 0 Å². The molecule has 4 nitrogen and oxygen atoms in total. The first kappa shape index (κ1) is 30.7. The van der Waals surface area contributed by atoms with Gasteiger partial charge < -0.3 is 0 Å². The fourth-order valence-corrected chi connectivity index (χ4v) is 15.1. The summed E-state index contributed by atoms with van der Waals surface area (Å²) in [5, 5.41) is 1.72. The van der Waals surface area contributed by atoms with Crippen molar-refractivity contribution < 1.29 is 58.6 Å². The molecule has 6 aromatic rings. The van der Waals surface area contributed by atoms with Crippen LogP contribution in [-0.2, 0) is 49.1 Å². The number of rotatable bonds is 7. The van der Waals surface area contributed by atoms with Crippen molar-refractivity contribution >= 4 is 28.8 Å². The number of methoxy groups -OCH3 is 2. The third kappa shape index (κ3) is 7.68. The van der Waals surface area contributed by atoms with E-state index in [1.807, 2.05) is 48.5 Å². The van der Waals surface area contributed by atoms with E-state index in [1.165, 1.54) is 6.14 Å². The summed E-state index contributed by atoms with van der Waals surface area (Å²) < 4.78 is 20.8. The summed E-state index contributed by atoms with van der Waals surface area (Å²) in [6, 6.07) is 37.3. The minimum absolute atomic E-state index is 0.811. The van der Waals surface area contributed by atoms with Crippen molar-refractivity contribution in [1.29, 1.82) is 0 Å². The molecule has 0 aliphatic carbocycles. The molecule has 0 amide bonds. The van der Waals surface area contributed by atoms with Crippen LogP contribution in [0.15, 0.2) is 109 Å². The van der Waals surface area contributed by atoms with Gasteiger partial charge in [0, 0.05) is 0 Å². The van der Waals surface area contributed by atoms with Crippen molar-refractivity contribution in [3.8, 4) is 62.7 Å². The van der Waals surface area contributed by atoms with Gasteiger partial charge in [0.2, 0.25) is 0 Å². The Morgan fingerprint density at radius 2 is 0.909 bits per heavy atom. The van der Waals surface area contributed by atoms with Crippen molar-refractivity contribution in [2.45, 2.75) is 0 Å². The molecule has 0 aliphatic rings. The minimum atomic E-state index is -1.56. The molecule has 0 saturated carbocycles. The van der Waals surface area contributed by atoms with Gasteiger partial charge in [0.05, 0.1) is 0 Å². The zero-order valence-corrected chi connectivity index (χ0v) is 37.0. The van der Waals surface area contributed by atoms with Gasteiger partial charge in [-0.2, -0.15) is 0 Å². The Hall–Kier alpha value is -3.27. The Kier molecular flexibility index (Phi) is 10.6. The standard InChI is InChI=1S/C24H14N2O2S2.2C6H5.2Hg/c1-5-19-21(15-7-11-17(27-3)12-8-15)25-23(29-19)24-26-22(20(6-2)30-24)16-9-13-18(28-4)14-10-16;2*1-2-4-6-5-3-1;;/h7-14H,3-4H3;2*1-5H;;. The van der Waals surface area contributed by atoms with Crippen LogP contribution in [0, 0.1) is 18.7 Å². The molecule has 0 saturated heterocycles. The molecule has 8 heteroatoms. The van der Waals surface area contributed by atoms with E-state index in [-0.39, 0.29) is 0 Å². The van der Waals surface area contributed by atoms with E-state index in [2.05, 4.69) is 79.4 Å². The summed E-state index contributed by atoms with van der Waals surface area (Å²) >= 11 is 0.0896. The summed E-state index contributed by atoms with van der Waals surface area (Å²) in [7, 11) is 3.36. The van der Waals surface area contributed by atoms with Gasteiger partial charge in [-0.1, -0.05) is 0 Å². The molecule has 0 radical (unpaired) electrons. The van der Waals surface area contributed by atoms with Crippen molar-refractivity contribution in [3.05, 3.63) is 119 Å². The molecule has 0 bridgehead atoms. The predicted molar refractivity (Wildman–Crippen MR) is 173 cm³/mol. The van der Waals surface area contributed by atoms with Crippen LogP contribution in [0.25, 0.3) is 32.5 Å². The van der Waals surface area contributed by atoms with Gasteiger partial charge >= 0.3 is 293 Å². The molecule has 0 unspecified atom stereocenters. The molecule has 2 aromatic heterocycles. The molecule has 206 valence electrons. The number of ether oxygens (including phenoxy) is 2. The van der Waals surface area contributed by atoms with Crippen molar-refractivity contribution in [1.82, 2.24) is 9.97 Å². The average Bonchev–Trinajstić information content (AvgIpc) is 3.71. The fourth-order valence-electron chi connectivity index (χ4n) is 4.53. The normalized spacial score (nSPS) is 9.95. The van der Waals surface area contributed by atoms with E-state index in [1.54, 1.807) is 36.9 Å². The maximum absolute atomic E-state index is 5.40. The maximum atomic E-state index is 5.40. The SMILES string of the molecule is COc1ccc(-c2nc(-c3nc(-c4ccc(OC)cc4)c(C#[C][Hg][c]4ccccc4)s3)sc2C#[C][Hg][c]2ccccc2)cc1. The van der Waals surface area contributed by atoms with Crippen LogP contribution in [-0.4, -0.2) is 24.2 Å². The predicted octanol–water partition coefficient (Wildman–Crippen LogP) is 7.05. The number of hydrogen-bond acceptors (Lipinski definition) is 6. The van der Waals surface area contributed by atoms with E-state index in [4.69, 9.17) is 19.4 Å². The van der Waals surface area contributed by atoms with Gasteiger partial charge in [0.25, 0.3) is 0 Å². The van der Waals surface area contributed by atoms with E-state index in [9.17, 15) is 0 Å². The second kappa shape index (κ2) is 15.1. The Bertz CT molecular complexity index is 1840. The zero-order chi connectivity index (χ0) is 30.1. The quantitative estimate of drug-likeness (QED) is 0.127. The zero-order valence-electron chi connectivity index (χ0n) is 24.3. The van der Waals surface area contributed by atoms with Crippen molar-refractivity contribution in [2.24, 2.45) is 0 Å². The molecule has 0 aliphatic heterocycles. The molecular formula is C36H24Hg2N2O2S2. The summed E-state index contributed by atoms with van der Waals surface area (Å²) in [5.74, 6) is 8.65. The third-order valence-corrected chi connectivity index (χ3v) is 18.5. The van der Waals surface area contributed by atoms with Gasteiger partial charge in [-0.05, 0) is 0 Å². The van der Waals surface area contributed by atoms with Crippen LogP contribution >= 0.6 is 22.7 Å². The van der Waals surface area contributed by atoms with Crippen LogP contribution in [0.4, 0.5) is 0 Å². The second-order valence-electron chi connectivity index (χ2n) is 9.78. The van der Waals surface area contributed by atoms with Crippen LogP contribution < -0.4 is 15.6 Å². The molecule has 2 heterocycles. The summed E-state index contributed by atoms with van der Waals surface area (Å²) in [6.45, 7) is 0. The molecule has 0 spiro atoms. The van der Waals surface area contributed by atoms with Gasteiger partial charge in [-0.15, -0.1) is 0 Å². The van der Waals surface area contributed by atoms with Crippen LogP contribution in [0.2, 0.25) is 0 Å². The Morgan fingerprint density at radius 1 is 0.523 bits per heavy atom. The molecule has 0 fully saturated rings. The third-order valence-electron chi connectivity index (χ3n) is 6.84. The van der Waals surface area contributed by atoms with E-state index >= 15 is 0 Å². The number of nitrogens with zero attached hydrogens (tertiary/aromatic N) is 2. The molecular weight excluding hydrogens is 958 g/mol. The monoisotopic (exact) mass is 984 g/mol. The van der Waals surface area contributed by atoms with Gasteiger partial charge in [-0.25, -0.2) is 0 Å². The van der Waals surface area contributed by atoms with Crippen LogP contribution in [0.5, 0.6) is 11.5 Å². The average molecular weight is 982 g/mol. The first-order valence-electron chi connectivity index (χ1n) is 14.1. The van der Waals surface area contributed by atoms with Crippen molar-refractivity contribution in [2.75, 3.05) is 14.2 Å². The number of aromatic nitrogens is 2. The molecule has 4 aromatic carbocycles. The first-order valence-corrected chi connectivity index (χ1v) is 26.7. The van der Waals surface area contributed by atoms with Crippen LogP contribution in [0.3, 0.4) is 0 Å². The van der Waals surface area contributed by atoms with Gasteiger partial charge in [0.15, 0.2) is 0 Å². The van der Waals surface area contributed by atoms with E-state index in [0.717, 1.165) is 53.8 Å². The summed E-state index contributed by atoms with van der Waals surface area (Å²) in [5.41, 5.74) is 3.80. The Morgan fingerprint density at radius 3 is 1.27 bits per heavy atom. The number of hydrogen-bond donors (Lipinski definition) is 0. The van der Waals surface area contributed by atoms with Crippen LogP contribution in [0.1, 0.15) is 9.75 Å². The Balaban J connectivity index is 1.40. The molecule has 44 heavy (non-hydrogen) atoms.